The molecule has 3 rings (SSSR count). The predicted molar refractivity (Wildman–Crippen MR) is 67.7 cm³/mol. The maximum absolute atomic E-state index is 11.0. The smallest absolute Gasteiger partial charge is 0.309 e. The fourth-order valence-corrected chi connectivity index (χ4v) is 2.36. The fraction of sp³-hybridized carbons (Fsp3) is 0.231. The minimum absolute atomic E-state index is 0.00350. The van der Waals surface area contributed by atoms with E-state index in [0.717, 1.165) is 28.2 Å². The van der Waals surface area contributed by atoms with Gasteiger partial charge in [-0.15, -0.1) is 0 Å². The number of carboxylic acid groups (broad SMARTS) is 1. The van der Waals surface area contributed by atoms with Gasteiger partial charge in [0.1, 0.15) is 0 Å². The molecule has 0 fully saturated rings. The van der Waals surface area contributed by atoms with Gasteiger partial charge in [-0.2, -0.15) is 0 Å². The summed E-state index contributed by atoms with van der Waals surface area (Å²) in [5.41, 5.74) is 3.56. The number of benzene rings is 1. The van der Waals surface area contributed by atoms with Crippen LogP contribution in [0.5, 0.6) is 0 Å². The summed E-state index contributed by atoms with van der Waals surface area (Å²) >= 11 is 0. The SMILES string of the molecule is Cc1c(CC(=O)O)n2c3ccccc3nc2n1C. The van der Waals surface area contributed by atoms with Crippen LogP contribution < -0.4 is 0 Å². The minimum atomic E-state index is -0.830. The first-order valence-electron chi connectivity index (χ1n) is 5.72. The Hall–Kier alpha value is -2.30. The highest BCUT2D eigenvalue weighted by molar-refractivity contribution is 5.81. The predicted octanol–water partition coefficient (Wildman–Crippen LogP) is 1.76. The monoisotopic (exact) mass is 243 g/mol. The molecule has 0 aliphatic rings. The summed E-state index contributed by atoms with van der Waals surface area (Å²) < 4.78 is 3.86. The second kappa shape index (κ2) is 3.60. The molecule has 2 aromatic heterocycles. The van der Waals surface area contributed by atoms with Crippen LogP contribution in [-0.4, -0.2) is 25.0 Å². The third-order valence-electron chi connectivity index (χ3n) is 3.35. The number of carbonyl (C=O) groups is 1. The highest BCUT2D eigenvalue weighted by Gasteiger charge is 2.18. The molecular weight excluding hydrogens is 230 g/mol. The van der Waals surface area contributed by atoms with Crippen molar-refractivity contribution in [3.05, 3.63) is 35.7 Å². The summed E-state index contributed by atoms with van der Waals surface area (Å²) in [6.45, 7) is 1.92. The lowest BCUT2D eigenvalue weighted by Gasteiger charge is -1.99. The van der Waals surface area contributed by atoms with Crippen LogP contribution in [0.15, 0.2) is 24.3 Å². The van der Waals surface area contributed by atoms with E-state index >= 15 is 0 Å². The van der Waals surface area contributed by atoms with E-state index in [2.05, 4.69) is 4.98 Å². The molecule has 5 heteroatoms. The van der Waals surface area contributed by atoms with Gasteiger partial charge in [-0.05, 0) is 19.1 Å². The maximum atomic E-state index is 11.0. The lowest BCUT2D eigenvalue weighted by molar-refractivity contribution is -0.136. The van der Waals surface area contributed by atoms with Crippen LogP contribution in [0.2, 0.25) is 0 Å². The number of aryl methyl sites for hydroxylation is 1. The number of carboxylic acids is 1. The van der Waals surface area contributed by atoms with Crippen molar-refractivity contribution in [2.45, 2.75) is 13.3 Å². The van der Waals surface area contributed by atoms with E-state index in [0.29, 0.717) is 0 Å². The molecule has 18 heavy (non-hydrogen) atoms. The third kappa shape index (κ3) is 1.33. The van der Waals surface area contributed by atoms with Crippen molar-refractivity contribution in [3.63, 3.8) is 0 Å². The van der Waals surface area contributed by atoms with Gasteiger partial charge in [0, 0.05) is 12.7 Å². The number of para-hydroxylation sites is 2. The molecule has 0 radical (unpaired) electrons. The number of rotatable bonds is 2. The van der Waals surface area contributed by atoms with Crippen LogP contribution in [0, 0.1) is 6.92 Å². The standard InChI is InChI=1S/C13H13N3O2/c1-8-11(7-12(17)18)16-10-6-4-3-5-9(10)14-13(16)15(8)2/h3-6H,7H2,1-2H3,(H,17,18). The van der Waals surface area contributed by atoms with E-state index in [1.165, 1.54) is 0 Å². The first-order chi connectivity index (χ1) is 8.59. The van der Waals surface area contributed by atoms with Crippen molar-refractivity contribution in [1.82, 2.24) is 14.0 Å². The normalized spacial score (nSPS) is 11.4. The van der Waals surface area contributed by atoms with Gasteiger partial charge in [0.15, 0.2) is 0 Å². The lowest BCUT2D eigenvalue weighted by Crippen LogP contribution is -2.04. The number of fused-ring (bicyclic) bond motifs is 3. The summed E-state index contributed by atoms with van der Waals surface area (Å²) in [7, 11) is 1.90. The number of imidazole rings is 2. The zero-order valence-electron chi connectivity index (χ0n) is 10.2. The Bertz CT molecular complexity index is 767. The van der Waals surface area contributed by atoms with Crippen molar-refractivity contribution < 1.29 is 9.90 Å². The Labute approximate surface area is 103 Å². The topological polar surface area (TPSA) is 59.5 Å². The Morgan fingerprint density at radius 2 is 2.11 bits per heavy atom. The Morgan fingerprint density at radius 1 is 1.39 bits per heavy atom. The molecule has 0 atom stereocenters. The van der Waals surface area contributed by atoms with E-state index in [1.54, 1.807) is 0 Å². The van der Waals surface area contributed by atoms with E-state index in [1.807, 2.05) is 47.2 Å². The van der Waals surface area contributed by atoms with Crippen molar-refractivity contribution in [3.8, 4) is 0 Å². The van der Waals surface area contributed by atoms with E-state index in [4.69, 9.17) is 5.11 Å². The average Bonchev–Trinajstić information content (AvgIpc) is 2.81. The largest absolute Gasteiger partial charge is 0.481 e. The Kier molecular flexibility index (Phi) is 2.16. The Morgan fingerprint density at radius 3 is 2.83 bits per heavy atom. The molecule has 0 saturated carbocycles. The number of hydrogen-bond acceptors (Lipinski definition) is 2. The molecule has 3 aromatic rings. The summed E-state index contributed by atoms with van der Waals surface area (Å²) in [5, 5.41) is 9.03. The van der Waals surface area contributed by atoms with Gasteiger partial charge < -0.3 is 9.67 Å². The fourth-order valence-electron chi connectivity index (χ4n) is 2.36. The molecule has 0 aliphatic heterocycles. The lowest BCUT2D eigenvalue weighted by atomic mass is 10.2. The van der Waals surface area contributed by atoms with Crippen molar-refractivity contribution >= 4 is 22.8 Å². The molecule has 1 N–H and O–H groups in total. The van der Waals surface area contributed by atoms with E-state index < -0.39 is 5.97 Å². The molecule has 5 nitrogen and oxygen atoms in total. The number of aliphatic carboxylic acids is 1. The number of hydrogen-bond donors (Lipinski definition) is 1. The summed E-state index contributed by atoms with van der Waals surface area (Å²) in [4.78, 5) is 15.5. The van der Waals surface area contributed by atoms with Gasteiger partial charge in [-0.25, -0.2) is 4.98 Å². The van der Waals surface area contributed by atoms with Gasteiger partial charge in [0.25, 0.3) is 0 Å². The zero-order valence-corrected chi connectivity index (χ0v) is 10.2. The van der Waals surface area contributed by atoms with Crippen LogP contribution in [0.4, 0.5) is 0 Å². The van der Waals surface area contributed by atoms with Crippen LogP contribution >= 0.6 is 0 Å². The second-order valence-electron chi connectivity index (χ2n) is 4.40. The Balaban J connectivity index is 2.45. The van der Waals surface area contributed by atoms with Gasteiger partial charge in [-0.3, -0.25) is 9.20 Å². The zero-order chi connectivity index (χ0) is 12.9. The molecule has 92 valence electrons. The van der Waals surface area contributed by atoms with E-state index in [-0.39, 0.29) is 6.42 Å². The molecule has 0 amide bonds. The summed E-state index contributed by atoms with van der Waals surface area (Å²) in [6.07, 6.45) is 0.00350. The van der Waals surface area contributed by atoms with Crippen molar-refractivity contribution in [2.24, 2.45) is 7.05 Å². The summed E-state index contributed by atoms with van der Waals surface area (Å²) in [6, 6.07) is 7.75. The van der Waals surface area contributed by atoms with Crippen molar-refractivity contribution in [1.29, 1.82) is 0 Å². The van der Waals surface area contributed by atoms with Crippen LogP contribution in [-0.2, 0) is 18.3 Å². The highest BCUT2D eigenvalue weighted by atomic mass is 16.4. The van der Waals surface area contributed by atoms with E-state index in [9.17, 15) is 4.79 Å². The highest BCUT2D eigenvalue weighted by Crippen LogP contribution is 2.22. The molecular formula is C13H13N3O2. The number of aromatic nitrogens is 3. The van der Waals surface area contributed by atoms with Gasteiger partial charge in [-0.1, -0.05) is 12.1 Å². The van der Waals surface area contributed by atoms with Gasteiger partial charge in [0.05, 0.1) is 23.1 Å². The van der Waals surface area contributed by atoms with Crippen LogP contribution in [0.25, 0.3) is 16.8 Å². The molecule has 0 bridgehead atoms. The average molecular weight is 243 g/mol. The molecule has 0 unspecified atom stereocenters. The van der Waals surface area contributed by atoms with Gasteiger partial charge in [0.2, 0.25) is 5.78 Å². The van der Waals surface area contributed by atoms with Crippen LogP contribution in [0.1, 0.15) is 11.4 Å². The van der Waals surface area contributed by atoms with Crippen molar-refractivity contribution in [2.75, 3.05) is 0 Å². The first kappa shape index (κ1) is 10.8. The van der Waals surface area contributed by atoms with Gasteiger partial charge >= 0.3 is 5.97 Å². The maximum Gasteiger partial charge on any atom is 0.309 e. The summed E-state index contributed by atoms with van der Waals surface area (Å²) in [5.74, 6) is -0.0478. The third-order valence-corrected chi connectivity index (χ3v) is 3.35. The van der Waals surface area contributed by atoms with Crippen LogP contribution in [0.3, 0.4) is 0 Å². The second-order valence-corrected chi connectivity index (χ2v) is 4.40. The minimum Gasteiger partial charge on any atom is -0.481 e. The molecule has 1 aromatic carbocycles. The molecule has 2 heterocycles. The molecule has 0 spiro atoms. The first-order valence-corrected chi connectivity index (χ1v) is 5.72. The molecule has 0 saturated heterocycles. The number of nitrogens with zero attached hydrogens (tertiary/aromatic N) is 3. The quantitative estimate of drug-likeness (QED) is 0.746. The molecule has 0 aliphatic carbocycles.